The third-order valence-corrected chi connectivity index (χ3v) is 9.77. The lowest BCUT2D eigenvalue weighted by Gasteiger charge is -2.26. The largest absolute Gasteiger partial charge is 0.368 e. The number of nitrogens with zero attached hydrogens (tertiary/aromatic N) is 6. The number of hydrogen-bond acceptors (Lipinski definition) is 7. The van der Waals surface area contributed by atoms with Crippen molar-refractivity contribution in [3.63, 3.8) is 0 Å². The summed E-state index contributed by atoms with van der Waals surface area (Å²) in [6.07, 6.45) is 12.2. The molecule has 40 heavy (non-hydrogen) atoms. The summed E-state index contributed by atoms with van der Waals surface area (Å²) in [6, 6.07) is 18.0. The molecule has 4 aromatic rings. The summed E-state index contributed by atoms with van der Waals surface area (Å²) in [5, 5.41) is 17.2. The van der Waals surface area contributed by atoms with E-state index in [-0.39, 0.29) is 0 Å². The minimum absolute atomic E-state index is 0.294. The van der Waals surface area contributed by atoms with Crippen molar-refractivity contribution in [1.29, 1.82) is 0 Å². The van der Waals surface area contributed by atoms with Gasteiger partial charge in [0.1, 0.15) is 0 Å². The van der Waals surface area contributed by atoms with E-state index in [4.69, 9.17) is 5.73 Å². The molecule has 3 aliphatic carbocycles. The van der Waals surface area contributed by atoms with Crippen LogP contribution in [0.2, 0.25) is 0 Å². The zero-order chi connectivity index (χ0) is 26.7. The van der Waals surface area contributed by atoms with Gasteiger partial charge in [0.15, 0.2) is 5.82 Å². The maximum Gasteiger partial charge on any atom is 0.248 e. The number of aryl methyl sites for hydroxylation is 4. The maximum atomic E-state index is 6.32. The van der Waals surface area contributed by atoms with Crippen molar-refractivity contribution in [2.45, 2.75) is 70.3 Å². The first kappa shape index (κ1) is 24.1. The number of benzene rings is 2. The number of nitrogens with two attached hydrogens (primary N) is 1. The first-order chi connectivity index (χ1) is 19.6. The Labute approximate surface area is 235 Å². The van der Waals surface area contributed by atoms with E-state index in [1.807, 2.05) is 0 Å². The molecule has 204 valence electrons. The van der Waals surface area contributed by atoms with E-state index >= 15 is 0 Å². The van der Waals surface area contributed by atoms with E-state index in [9.17, 15) is 0 Å². The van der Waals surface area contributed by atoms with Crippen molar-refractivity contribution >= 4 is 17.6 Å². The monoisotopic (exact) mass is 532 g/mol. The van der Waals surface area contributed by atoms with E-state index in [1.54, 1.807) is 4.68 Å². The first-order valence-electron chi connectivity index (χ1n) is 14.9. The molecule has 2 fully saturated rings. The number of nitrogens with one attached hydrogen (secondary N) is 1. The highest BCUT2D eigenvalue weighted by Crippen LogP contribution is 2.53. The van der Waals surface area contributed by atoms with Gasteiger partial charge in [-0.15, -0.1) is 15.3 Å². The fourth-order valence-corrected chi connectivity index (χ4v) is 7.25. The predicted octanol–water partition coefficient (Wildman–Crippen LogP) is 5.27. The molecular formula is C32H36N8. The van der Waals surface area contributed by atoms with Gasteiger partial charge in [-0.1, -0.05) is 30.3 Å². The number of anilines is 3. The molecule has 1 saturated carbocycles. The summed E-state index contributed by atoms with van der Waals surface area (Å²) in [6.45, 7) is 2.63. The molecule has 8 rings (SSSR count). The molecule has 1 saturated heterocycles. The summed E-state index contributed by atoms with van der Waals surface area (Å²) in [4.78, 5) is 7.30. The van der Waals surface area contributed by atoms with Crippen LogP contribution in [0.1, 0.15) is 60.8 Å². The molecule has 8 heteroatoms. The summed E-state index contributed by atoms with van der Waals surface area (Å²) in [5.41, 5.74) is 15.6. The standard InChI is InChI=1S/C32H36N8/c33-30-35-31(38-40(30)28-19-24-6-3-5-22-4-1-2-7-27(22)29(24)37-36-28)34-25-11-8-21-9-12-26(13-10-23(21)18-25)39-17-16-32(20-39)14-15-32/h1-2,4,7-8,11,18-19,26H,3,5-6,9-10,12-17,20H2,(H3,33,34,35,38). The number of fused-ring (bicyclic) bond motifs is 4. The van der Waals surface area contributed by atoms with E-state index in [2.05, 4.69) is 79.0 Å². The Balaban J connectivity index is 0.996. The number of nitrogen functional groups attached to an aromatic ring is 1. The third-order valence-electron chi connectivity index (χ3n) is 9.77. The second-order valence-corrected chi connectivity index (χ2v) is 12.4. The lowest BCUT2D eigenvalue weighted by atomic mass is 10.0. The average Bonchev–Trinajstić information content (AvgIpc) is 3.58. The second kappa shape index (κ2) is 9.41. The molecule has 3 heterocycles. The van der Waals surface area contributed by atoms with Crippen LogP contribution in [0.25, 0.3) is 17.1 Å². The Bertz CT molecular complexity index is 1590. The molecule has 0 radical (unpaired) electrons. The molecule has 2 aromatic heterocycles. The van der Waals surface area contributed by atoms with Crippen molar-refractivity contribution in [2.75, 3.05) is 24.1 Å². The van der Waals surface area contributed by atoms with E-state index < -0.39 is 0 Å². The SMILES string of the molecule is Nc1nc(Nc2ccc3c(c2)CCC(N2CCC4(CC4)C2)CC3)nn1-c1cc2c(nn1)-c1ccccc1CCC2. The van der Waals surface area contributed by atoms with Crippen LogP contribution in [-0.2, 0) is 25.7 Å². The van der Waals surface area contributed by atoms with Crippen LogP contribution in [0.15, 0.2) is 48.5 Å². The van der Waals surface area contributed by atoms with Gasteiger partial charge in [0, 0.05) is 23.8 Å². The van der Waals surface area contributed by atoms with Crippen LogP contribution in [0, 0.1) is 5.41 Å². The van der Waals surface area contributed by atoms with Crippen LogP contribution in [-0.4, -0.2) is 49.0 Å². The summed E-state index contributed by atoms with van der Waals surface area (Å²) in [5.74, 6) is 1.36. The molecule has 0 amide bonds. The van der Waals surface area contributed by atoms with Gasteiger partial charge in [-0.05, 0) is 117 Å². The van der Waals surface area contributed by atoms with Gasteiger partial charge in [0.2, 0.25) is 11.9 Å². The smallest absolute Gasteiger partial charge is 0.248 e. The lowest BCUT2D eigenvalue weighted by molar-refractivity contribution is 0.212. The summed E-state index contributed by atoms with van der Waals surface area (Å²) >= 11 is 0. The maximum absolute atomic E-state index is 6.32. The zero-order valence-corrected chi connectivity index (χ0v) is 22.9. The van der Waals surface area contributed by atoms with Gasteiger partial charge in [-0.3, -0.25) is 4.90 Å². The number of hydrogen-bond donors (Lipinski definition) is 2. The van der Waals surface area contributed by atoms with Gasteiger partial charge in [0.25, 0.3) is 0 Å². The van der Waals surface area contributed by atoms with Crippen molar-refractivity contribution in [3.8, 4) is 17.1 Å². The highest BCUT2D eigenvalue weighted by molar-refractivity contribution is 5.68. The normalized spacial score (nSPS) is 21.2. The number of rotatable bonds is 4. The highest BCUT2D eigenvalue weighted by Gasteiger charge is 2.48. The number of aromatic nitrogens is 5. The van der Waals surface area contributed by atoms with E-state index in [0.717, 1.165) is 49.5 Å². The Morgan fingerprint density at radius 3 is 2.58 bits per heavy atom. The van der Waals surface area contributed by atoms with Crippen LogP contribution in [0.3, 0.4) is 0 Å². The van der Waals surface area contributed by atoms with Crippen LogP contribution in [0.4, 0.5) is 17.6 Å². The molecule has 8 nitrogen and oxygen atoms in total. The first-order valence-corrected chi connectivity index (χ1v) is 14.9. The second-order valence-electron chi connectivity index (χ2n) is 12.4. The zero-order valence-electron chi connectivity index (χ0n) is 22.9. The lowest BCUT2D eigenvalue weighted by Crippen LogP contribution is -2.33. The van der Waals surface area contributed by atoms with Crippen molar-refractivity contribution in [2.24, 2.45) is 5.41 Å². The Morgan fingerprint density at radius 1 is 0.850 bits per heavy atom. The van der Waals surface area contributed by atoms with Crippen molar-refractivity contribution in [1.82, 2.24) is 29.9 Å². The molecule has 4 aliphatic rings. The molecule has 1 aliphatic heterocycles. The van der Waals surface area contributed by atoms with E-state index in [0.29, 0.717) is 23.1 Å². The summed E-state index contributed by atoms with van der Waals surface area (Å²) < 4.78 is 1.59. The quantitative estimate of drug-likeness (QED) is 0.346. The Kier molecular flexibility index (Phi) is 5.66. The van der Waals surface area contributed by atoms with Crippen LogP contribution < -0.4 is 11.1 Å². The van der Waals surface area contributed by atoms with Crippen molar-refractivity contribution < 1.29 is 0 Å². The minimum Gasteiger partial charge on any atom is -0.368 e. The van der Waals surface area contributed by atoms with Gasteiger partial charge in [-0.25, -0.2) is 0 Å². The molecular weight excluding hydrogens is 496 g/mol. The number of likely N-dealkylation sites (tertiary alicyclic amines) is 1. The molecule has 1 unspecified atom stereocenters. The van der Waals surface area contributed by atoms with Gasteiger partial charge < -0.3 is 11.1 Å². The van der Waals surface area contributed by atoms with Gasteiger partial charge in [-0.2, -0.15) is 9.67 Å². The third kappa shape index (κ3) is 4.35. The highest BCUT2D eigenvalue weighted by atomic mass is 15.4. The minimum atomic E-state index is 0.294. The summed E-state index contributed by atoms with van der Waals surface area (Å²) in [7, 11) is 0. The van der Waals surface area contributed by atoms with E-state index in [1.165, 1.54) is 73.0 Å². The molecule has 1 spiro atoms. The molecule has 2 aromatic carbocycles. The van der Waals surface area contributed by atoms with Gasteiger partial charge in [0.05, 0.1) is 5.69 Å². The predicted molar refractivity (Wildman–Crippen MR) is 157 cm³/mol. The molecule has 3 N–H and O–H groups in total. The molecule has 1 atom stereocenters. The van der Waals surface area contributed by atoms with Crippen molar-refractivity contribution in [3.05, 3.63) is 70.8 Å². The topological polar surface area (TPSA) is 97.8 Å². The van der Waals surface area contributed by atoms with Crippen LogP contribution >= 0.6 is 0 Å². The fourth-order valence-electron chi connectivity index (χ4n) is 7.25. The van der Waals surface area contributed by atoms with Crippen LogP contribution in [0.5, 0.6) is 0 Å². The molecule has 0 bridgehead atoms. The average molecular weight is 533 g/mol. The van der Waals surface area contributed by atoms with Gasteiger partial charge >= 0.3 is 0 Å². The fraction of sp³-hybridized carbons (Fsp3) is 0.438. The Hall–Kier alpha value is -3.78. The Morgan fingerprint density at radius 2 is 1.70 bits per heavy atom.